The molecule has 0 radical (unpaired) electrons. The molecule has 2 rings (SSSR count). The van der Waals surface area contributed by atoms with Crippen LogP contribution < -0.4 is 10.2 Å². The summed E-state index contributed by atoms with van der Waals surface area (Å²) in [6.07, 6.45) is 2.16. The van der Waals surface area contributed by atoms with Crippen LogP contribution in [0, 0.1) is 5.82 Å². The fraction of sp³-hybridized carbons (Fsp3) is 0.571. The maximum absolute atomic E-state index is 13.4. The van der Waals surface area contributed by atoms with E-state index in [1.54, 1.807) is 12.1 Å². The minimum atomic E-state index is -0.172. The minimum Gasteiger partial charge on any atom is -0.365 e. The second-order valence-electron chi connectivity index (χ2n) is 4.82. The molecule has 2 unspecified atom stereocenters. The number of nitrogens with zero attached hydrogens (tertiary/aromatic N) is 1. The zero-order chi connectivity index (χ0) is 13.1. The quantitative estimate of drug-likeness (QED) is 0.917. The maximum Gasteiger partial charge on any atom is 0.125 e. The smallest absolute Gasteiger partial charge is 0.125 e. The lowest BCUT2D eigenvalue weighted by Gasteiger charge is -2.42. The molecule has 1 N–H and O–H groups in total. The van der Waals surface area contributed by atoms with Crippen LogP contribution in [0.1, 0.15) is 26.7 Å². The lowest BCUT2D eigenvalue weighted by Crippen LogP contribution is -2.56. The van der Waals surface area contributed by atoms with Crippen LogP contribution in [-0.2, 0) is 0 Å². The van der Waals surface area contributed by atoms with Gasteiger partial charge >= 0.3 is 0 Å². The molecule has 1 aliphatic rings. The average molecular weight is 315 g/mol. The topological polar surface area (TPSA) is 15.3 Å². The molecule has 0 aliphatic carbocycles. The first-order valence-electron chi connectivity index (χ1n) is 6.60. The Balaban J connectivity index is 2.29. The Bertz CT molecular complexity index is 411. The van der Waals surface area contributed by atoms with E-state index in [1.165, 1.54) is 6.07 Å². The normalized spacial score (nSPS) is 24.3. The number of piperazine rings is 1. The molecule has 0 saturated carbocycles. The predicted octanol–water partition coefficient (Wildman–Crippen LogP) is 3.56. The molecule has 18 heavy (non-hydrogen) atoms. The lowest BCUT2D eigenvalue weighted by molar-refractivity contribution is 0.378. The molecule has 0 spiro atoms. The van der Waals surface area contributed by atoms with E-state index >= 15 is 0 Å². The highest BCUT2D eigenvalue weighted by Crippen LogP contribution is 2.30. The highest BCUT2D eigenvalue weighted by molar-refractivity contribution is 9.10. The van der Waals surface area contributed by atoms with Gasteiger partial charge in [-0.3, -0.25) is 0 Å². The van der Waals surface area contributed by atoms with Crippen LogP contribution in [0.15, 0.2) is 22.7 Å². The zero-order valence-corrected chi connectivity index (χ0v) is 12.5. The third-order valence-electron chi connectivity index (χ3n) is 3.68. The van der Waals surface area contributed by atoms with Crippen molar-refractivity contribution in [2.24, 2.45) is 0 Å². The molecule has 1 heterocycles. The molecule has 1 fully saturated rings. The fourth-order valence-electron chi connectivity index (χ4n) is 2.50. The molecule has 100 valence electrons. The SMILES string of the molecule is CCC1CN(c2cc(F)ccc2Br)C(CC)CN1. The van der Waals surface area contributed by atoms with Crippen molar-refractivity contribution in [1.82, 2.24) is 5.32 Å². The van der Waals surface area contributed by atoms with Crippen LogP contribution in [-0.4, -0.2) is 25.2 Å². The van der Waals surface area contributed by atoms with Crippen molar-refractivity contribution in [3.8, 4) is 0 Å². The fourth-order valence-corrected chi connectivity index (χ4v) is 2.98. The summed E-state index contributed by atoms with van der Waals surface area (Å²) in [4.78, 5) is 2.33. The van der Waals surface area contributed by atoms with Crippen LogP contribution in [0.3, 0.4) is 0 Å². The molecule has 0 bridgehead atoms. The van der Waals surface area contributed by atoms with E-state index in [4.69, 9.17) is 0 Å². The molecule has 4 heteroatoms. The van der Waals surface area contributed by atoms with Crippen molar-refractivity contribution in [3.63, 3.8) is 0 Å². The van der Waals surface area contributed by atoms with Gasteiger partial charge in [-0.2, -0.15) is 0 Å². The van der Waals surface area contributed by atoms with E-state index in [0.29, 0.717) is 12.1 Å². The second kappa shape index (κ2) is 6.02. The third kappa shape index (κ3) is 2.86. The van der Waals surface area contributed by atoms with Crippen molar-refractivity contribution in [2.75, 3.05) is 18.0 Å². The van der Waals surface area contributed by atoms with Crippen molar-refractivity contribution in [3.05, 3.63) is 28.5 Å². The van der Waals surface area contributed by atoms with Crippen molar-refractivity contribution in [1.29, 1.82) is 0 Å². The summed E-state index contributed by atoms with van der Waals surface area (Å²) in [6, 6.07) is 5.84. The molecule has 1 aliphatic heterocycles. The predicted molar refractivity (Wildman–Crippen MR) is 77.6 cm³/mol. The standard InChI is InChI=1S/C14H20BrFN2/c1-3-11-9-18(12(4-2)8-17-11)14-7-10(16)5-6-13(14)15/h5-7,11-12,17H,3-4,8-9H2,1-2H3. The number of hydrogen-bond acceptors (Lipinski definition) is 2. The van der Waals surface area contributed by atoms with Crippen LogP contribution in [0.5, 0.6) is 0 Å². The van der Waals surface area contributed by atoms with Gasteiger partial charge in [0.2, 0.25) is 0 Å². The molecule has 2 nitrogen and oxygen atoms in total. The molecule has 1 saturated heterocycles. The number of anilines is 1. The molecule has 2 atom stereocenters. The molecule has 0 aromatic heterocycles. The summed E-state index contributed by atoms with van der Waals surface area (Å²) in [5.74, 6) is -0.172. The summed E-state index contributed by atoms with van der Waals surface area (Å²) in [6.45, 7) is 6.27. The van der Waals surface area contributed by atoms with Crippen molar-refractivity contribution in [2.45, 2.75) is 38.8 Å². The maximum atomic E-state index is 13.4. The first kappa shape index (κ1) is 13.8. The highest BCUT2D eigenvalue weighted by atomic mass is 79.9. The molecule has 1 aromatic carbocycles. The molecule has 0 amide bonds. The van der Waals surface area contributed by atoms with Gasteiger partial charge in [0.05, 0.1) is 5.69 Å². The monoisotopic (exact) mass is 314 g/mol. The van der Waals surface area contributed by atoms with E-state index in [9.17, 15) is 4.39 Å². The highest BCUT2D eigenvalue weighted by Gasteiger charge is 2.27. The van der Waals surface area contributed by atoms with Gasteiger partial charge in [0.1, 0.15) is 5.82 Å². The first-order valence-corrected chi connectivity index (χ1v) is 7.40. The van der Waals surface area contributed by atoms with Crippen LogP contribution in [0.2, 0.25) is 0 Å². The summed E-state index contributed by atoms with van der Waals surface area (Å²) in [7, 11) is 0. The van der Waals surface area contributed by atoms with Gasteiger partial charge in [0.15, 0.2) is 0 Å². The molecule has 1 aromatic rings. The van der Waals surface area contributed by atoms with Crippen LogP contribution in [0.25, 0.3) is 0 Å². The van der Waals surface area contributed by atoms with Crippen LogP contribution in [0.4, 0.5) is 10.1 Å². The van der Waals surface area contributed by atoms with E-state index in [0.717, 1.165) is 36.1 Å². The number of benzene rings is 1. The van der Waals surface area contributed by atoms with Gasteiger partial charge in [-0.05, 0) is 47.0 Å². The van der Waals surface area contributed by atoms with Gasteiger partial charge in [-0.1, -0.05) is 13.8 Å². The Hall–Kier alpha value is -0.610. The Labute approximate surface area is 117 Å². The van der Waals surface area contributed by atoms with Gasteiger partial charge < -0.3 is 10.2 Å². The lowest BCUT2D eigenvalue weighted by atomic mass is 10.0. The molecular formula is C14H20BrFN2. The van der Waals surface area contributed by atoms with Crippen molar-refractivity contribution < 1.29 is 4.39 Å². The summed E-state index contributed by atoms with van der Waals surface area (Å²) in [5, 5.41) is 3.55. The van der Waals surface area contributed by atoms with Gasteiger partial charge in [-0.15, -0.1) is 0 Å². The number of rotatable bonds is 3. The number of halogens is 2. The second-order valence-corrected chi connectivity index (χ2v) is 5.68. The average Bonchev–Trinajstić information content (AvgIpc) is 2.40. The Kier molecular flexibility index (Phi) is 4.62. The van der Waals surface area contributed by atoms with Crippen molar-refractivity contribution >= 4 is 21.6 Å². The van der Waals surface area contributed by atoms with E-state index < -0.39 is 0 Å². The Morgan fingerprint density at radius 1 is 1.39 bits per heavy atom. The first-order chi connectivity index (χ1) is 8.65. The minimum absolute atomic E-state index is 0.172. The Morgan fingerprint density at radius 3 is 2.83 bits per heavy atom. The van der Waals surface area contributed by atoms with Gasteiger partial charge in [-0.25, -0.2) is 4.39 Å². The van der Waals surface area contributed by atoms with E-state index in [-0.39, 0.29) is 5.82 Å². The molecular weight excluding hydrogens is 295 g/mol. The largest absolute Gasteiger partial charge is 0.365 e. The van der Waals surface area contributed by atoms with Gasteiger partial charge in [0.25, 0.3) is 0 Å². The number of hydrogen-bond donors (Lipinski definition) is 1. The summed E-state index contributed by atoms with van der Waals surface area (Å²) < 4.78 is 14.4. The summed E-state index contributed by atoms with van der Waals surface area (Å²) in [5.41, 5.74) is 0.974. The zero-order valence-electron chi connectivity index (χ0n) is 10.9. The third-order valence-corrected chi connectivity index (χ3v) is 4.35. The van der Waals surface area contributed by atoms with E-state index in [2.05, 4.69) is 40.0 Å². The Morgan fingerprint density at radius 2 is 2.17 bits per heavy atom. The number of nitrogens with one attached hydrogen (secondary N) is 1. The van der Waals surface area contributed by atoms with Crippen LogP contribution >= 0.6 is 15.9 Å². The van der Waals surface area contributed by atoms with Gasteiger partial charge in [0, 0.05) is 29.6 Å². The summed E-state index contributed by atoms with van der Waals surface area (Å²) >= 11 is 3.54. The van der Waals surface area contributed by atoms with E-state index in [1.807, 2.05) is 0 Å².